The summed E-state index contributed by atoms with van der Waals surface area (Å²) in [6.45, 7) is 4.00. The second-order valence-electron chi connectivity index (χ2n) is 6.23. The van der Waals surface area contributed by atoms with Crippen LogP contribution in [0.25, 0.3) is 0 Å². The molecule has 128 valence electrons. The predicted octanol–water partition coefficient (Wildman–Crippen LogP) is 2.65. The molecule has 2 aromatic rings. The maximum absolute atomic E-state index is 12.8. The van der Waals surface area contributed by atoms with E-state index in [0.717, 1.165) is 22.8 Å². The van der Waals surface area contributed by atoms with Crippen molar-refractivity contribution in [2.75, 3.05) is 33.8 Å². The second-order valence-corrected chi connectivity index (χ2v) is 7.12. The van der Waals surface area contributed by atoms with Gasteiger partial charge >= 0.3 is 0 Å². The molecule has 0 aliphatic carbocycles. The fourth-order valence-corrected chi connectivity index (χ4v) is 3.80. The molecule has 1 fully saturated rings. The lowest BCUT2D eigenvalue weighted by Crippen LogP contribution is -2.46. The molecule has 1 amide bonds. The Kier molecular flexibility index (Phi) is 5.28. The van der Waals surface area contributed by atoms with Gasteiger partial charge in [0.05, 0.1) is 6.61 Å². The van der Waals surface area contributed by atoms with Gasteiger partial charge in [-0.3, -0.25) is 9.69 Å². The number of likely N-dealkylation sites (N-methyl/N-ethyl adjacent to an activating group) is 1. The van der Waals surface area contributed by atoms with Crippen LogP contribution in [0.15, 0.2) is 35.7 Å². The van der Waals surface area contributed by atoms with E-state index in [0.29, 0.717) is 13.2 Å². The van der Waals surface area contributed by atoms with Gasteiger partial charge < -0.3 is 9.64 Å². The lowest BCUT2D eigenvalue weighted by molar-refractivity contribution is -0.138. The Bertz CT molecular complexity index is 687. The number of aryl methyl sites for hydroxylation is 1. The molecule has 3 rings (SSSR count). The van der Waals surface area contributed by atoms with Crippen LogP contribution in [0.1, 0.15) is 28.4 Å². The molecular weight excluding hydrogens is 322 g/mol. The van der Waals surface area contributed by atoms with Crippen molar-refractivity contribution < 1.29 is 9.53 Å². The Morgan fingerprint density at radius 2 is 2.12 bits per heavy atom. The number of carbonyl (C=O) groups excluding carboxylic acids is 1. The Balaban J connectivity index is 1.85. The number of hydrogen-bond donors (Lipinski definition) is 0. The highest BCUT2D eigenvalue weighted by Crippen LogP contribution is 2.31. The summed E-state index contributed by atoms with van der Waals surface area (Å²) >= 11 is 1.62. The summed E-state index contributed by atoms with van der Waals surface area (Å²) in [6.07, 6.45) is -0.0707. The third-order valence-corrected chi connectivity index (χ3v) is 5.22. The van der Waals surface area contributed by atoms with Gasteiger partial charge in [0, 0.05) is 38.3 Å². The average Bonchev–Trinajstić information content (AvgIpc) is 3.03. The fraction of sp³-hybridized carbons (Fsp3) is 0.444. The van der Waals surface area contributed by atoms with Crippen molar-refractivity contribution in [3.05, 3.63) is 52.0 Å². The number of hydrogen-bond acceptors (Lipinski definition) is 5. The van der Waals surface area contributed by atoms with E-state index in [2.05, 4.69) is 9.88 Å². The highest BCUT2D eigenvalue weighted by atomic mass is 32.1. The summed E-state index contributed by atoms with van der Waals surface area (Å²) in [4.78, 5) is 21.2. The first-order valence-electron chi connectivity index (χ1n) is 8.10. The van der Waals surface area contributed by atoms with Crippen LogP contribution in [0.2, 0.25) is 0 Å². The molecule has 1 aliphatic rings. The molecular formula is C18H23N3O2S. The molecule has 0 bridgehead atoms. The van der Waals surface area contributed by atoms with E-state index < -0.39 is 0 Å². The van der Waals surface area contributed by atoms with E-state index >= 15 is 0 Å². The molecule has 2 atom stereocenters. The third-order valence-electron chi connectivity index (χ3n) is 4.17. The van der Waals surface area contributed by atoms with Crippen LogP contribution in [0.4, 0.5) is 0 Å². The first-order valence-corrected chi connectivity index (χ1v) is 8.98. The molecule has 2 heterocycles. The minimum atomic E-state index is -0.284. The van der Waals surface area contributed by atoms with E-state index in [1.54, 1.807) is 30.3 Å². The summed E-state index contributed by atoms with van der Waals surface area (Å²) in [5.41, 5.74) is 2.03. The van der Waals surface area contributed by atoms with Gasteiger partial charge in [0.1, 0.15) is 17.2 Å². The van der Waals surface area contributed by atoms with Crippen molar-refractivity contribution in [2.45, 2.75) is 19.1 Å². The number of ether oxygens (including phenoxy) is 1. The number of benzene rings is 1. The third kappa shape index (κ3) is 3.66. The molecule has 24 heavy (non-hydrogen) atoms. The standard InChI is InChI=1S/C18H23N3O2S/c1-13-12-24-17(19-13)15-11-21(9-10-23-15)16(18(22)20(2)3)14-7-5-4-6-8-14/h4-8,12,15-16H,9-11H2,1-3H3/t15-,16-/m1/s1. The van der Waals surface area contributed by atoms with Gasteiger partial charge in [-0.25, -0.2) is 4.98 Å². The van der Waals surface area contributed by atoms with Crippen LogP contribution in [-0.2, 0) is 9.53 Å². The summed E-state index contributed by atoms with van der Waals surface area (Å²) < 4.78 is 5.92. The summed E-state index contributed by atoms with van der Waals surface area (Å²) in [5, 5.41) is 3.03. The van der Waals surface area contributed by atoms with E-state index in [9.17, 15) is 4.79 Å². The van der Waals surface area contributed by atoms with E-state index in [1.165, 1.54) is 0 Å². The number of amides is 1. The molecule has 1 aliphatic heterocycles. The Morgan fingerprint density at radius 3 is 2.75 bits per heavy atom. The summed E-state index contributed by atoms with van der Waals surface area (Å²) in [7, 11) is 3.61. The van der Waals surface area contributed by atoms with Crippen molar-refractivity contribution in [1.82, 2.24) is 14.8 Å². The van der Waals surface area contributed by atoms with Crippen molar-refractivity contribution in [1.29, 1.82) is 0 Å². The van der Waals surface area contributed by atoms with Gasteiger partial charge in [-0.2, -0.15) is 0 Å². The van der Waals surface area contributed by atoms with Crippen molar-refractivity contribution >= 4 is 17.2 Å². The highest BCUT2D eigenvalue weighted by molar-refractivity contribution is 7.09. The fourth-order valence-electron chi connectivity index (χ4n) is 2.96. The number of carbonyl (C=O) groups is 1. The largest absolute Gasteiger partial charge is 0.368 e. The summed E-state index contributed by atoms with van der Waals surface area (Å²) in [6, 6.07) is 9.68. The summed E-state index contributed by atoms with van der Waals surface area (Å²) in [5.74, 6) is 0.0946. The van der Waals surface area contributed by atoms with Crippen LogP contribution in [0.3, 0.4) is 0 Å². The van der Waals surface area contributed by atoms with Gasteiger partial charge in [-0.1, -0.05) is 30.3 Å². The van der Waals surface area contributed by atoms with Crippen LogP contribution in [0, 0.1) is 6.92 Å². The van der Waals surface area contributed by atoms with Crippen molar-refractivity contribution in [3.8, 4) is 0 Å². The smallest absolute Gasteiger partial charge is 0.244 e. The molecule has 6 heteroatoms. The zero-order valence-corrected chi connectivity index (χ0v) is 15.1. The number of morpholine rings is 1. The monoisotopic (exact) mass is 345 g/mol. The number of nitrogens with zero attached hydrogens (tertiary/aromatic N) is 3. The molecule has 0 N–H and O–H groups in total. The lowest BCUT2D eigenvalue weighted by Gasteiger charge is -2.38. The van der Waals surface area contributed by atoms with Gasteiger partial charge in [-0.15, -0.1) is 11.3 Å². The minimum Gasteiger partial charge on any atom is -0.368 e. The van der Waals surface area contributed by atoms with Crippen LogP contribution < -0.4 is 0 Å². The van der Waals surface area contributed by atoms with Crippen molar-refractivity contribution in [3.63, 3.8) is 0 Å². The molecule has 1 saturated heterocycles. The second kappa shape index (κ2) is 7.42. The molecule has 5 nitrogen and oxygen atoms in total. The molecule has 0 saturated carbocycles. The zero-order chi connectivity index (χ0) is 17.1. The normalized spacial score (nSPS) is 19.9. The molecule has 0 radical (unpaired) electrons. The Hall–Kier alpha value is -1.76. The van der Waals surface area contributed by atoms with Crippen LogP contribution in [0.5, 0.6) is 0 Å². The van der Waals surface area contributed by atoms with Gasteiger partial charge in [0.25, 0.3) is 0 Å². The number of aromatic nitrogens is 1. The first kappa shape index (κ1) is 17.1. The maximum Gasteiger partial charge on any atom is 0.244 e. The van der Waals surface area contributed by atoms with Gasteiger partial charge in [0.2, 0.25) is 5.91 Å². The SMILES string of the molecule is Cc1csc([C@H]2CN([C@@H](C(=O)N(C)C)c3ccccc3)CCO2)n1. The average molecular weight is 345 g/mol. The topological polar surface area (TPSA) is 45.7 Å². The molecule has 0 unspecified atom stereocenters. The minimum absolute atomic E-state index is 0.0707. The number of rotatable bonds is 4. The van der Waals surface area contributed by atoms with E-state index in [4.69, 9.17) is 4.74 Å². The van der Waals surface area contributed by atoms with E-state index in [1.807, 2.05) is 42.6 Å². The highest BCUT2D eigenvalue weighted by Gasteiger charge is 2.34. The molecule has 1 aromatic carbocycles. The quantitative estimate of drug-likeness (QED) is 0.855. The van der Waals surface area contributed by atoms with Gasteiger partial charge in [-0.05, 0) is 12.5 Å². The van der Waals surface area contributed by atoms with E-state index in [-0.39, 0.29) is 18.1 Å². The lowest BCUT2D eigenvalue weighted by atomic mass is 10.0. The predicted molar refractivity (Wildman–Crippen MR) is 95.0 cm³/mol. The Morgan fingerprint density at radius 1 is 1.38 bits per heavy atom. The zero-order valence-electron chi connectivity index (χ0n) is 14.3. The van der Waals surface area contributed by atoms with Crippen LogP contribution in [-0.4, -0.2) is 54.5 Å². The van der Waals surface area contributed by atoms with Gasteiger partial charge in [0.15, 0.2) is 0 Å². The number of thiazole rings is 1. The van der Waals surface area contributed by atoms with Crippen LogP contribution >= 0.6 is 11.3 Å². The van der Waals surface area contributed by atoms with Crippen molar-refractivity contribution in [2.24, 2.45) is 0 Å². The Labute approximate surface area is 146 Å². The first-order chi connectivity index (χ1) is 11.6. The maximum atomic E-state index is 12.8. The molecule has 1 aromatic heterocycles. The molecule has 0 spiro atoms.